The van der Waals surface area contributed by atoms with E-state index in [2.05, 4.69) is 5.32 Å². The summed E-state index contributed by atoms with van der Waals surface area (Å²) in [5.41, 5.74) is 0.539. The molecule has 1 aromatic carbocycles. The summed E-state index contributed by atoms with van der Waals surface area (Å²) in [6.45, 7) is 0.583. The van der Waals surface area contributed by atoms with E-state index in [9.17, 15) is 9.59 Å². The summed E-state index contributed by atoms with van der Waals surface area (Å²) in [6.07, 6.45) is 1.19. The second-order valence-corrected chi connectivity index (χ2v) is 5.13. The van der Waals surface area contributed by atoms with Crippen LogP contribution >= 0.6 is 11.6 Å². The van der Waals surface area contributed by atoms with Gasteiger partial charge in [-0.2, -0.15) is 0 Å². The van der Waals surface area contributed by atoms with Gasteiger partial charge in [0.15, 0.2) is 0 Å². The highest BCUT2D eigenvalue weighted by Crippen LogP contribution is 2.20. The smallest absolute Gasteiger partial charge is 0.251 e. The predicted molar refractivity (Wildman–Crippen MR) is 76.7 cm³/mol. The van der Waals surface area contributed by atoms with Crippen molar-refractivity contribution < 1.29 is 14.3 Å². The van der Waals surface area contributed by atoms with Gasteiger partial charge in [0.25, 0.3) is 5.91 Å². The van der Waals surface area contributed by atoms with E-state index in [1.807, 2.05) is 0 Å². The van der Waals surface area contributed by atoms with Gasteiger partial charge in [-0.3, -0.25) is 9.59 Å². The summed E-state index contributed by atoms with van der Waals surface area (Å²) >= 11 is 5.96. The number of halogens is 1. The molecule has 1 atom stereocenters. The van der Waals surface area contributed by atoms with Crippen molar-refractivity contribution in [2.45, 2.75) is 18.9 Å². The van der Waals surface area contributed by atoms with Crippen LogP contribution in [-0.2, 0) is 14.3 Å². The third-order valence-electron chi connectivity index (χ3n) is 3.11. The van der Waals surface area contributed by atoms with Gasteiger partial charge in [-0.05, 0) is 25.0 Å². The van der Waals surface area contributed by atoms with E-state index in [4.69, 9.17) is 16.3 Å². The summed E-state index contributed by atoms with van der Waals surface area (Å²) in [5.74, 6) is -0.441. The number of amides is 2. The fraction of sp³-hybridized carbons (Fsp3) is 0.429. The Labute approximate surface area is 122 Å². The number of hydrogen-bond donors (Lipinski definition) is 1. The van der Waals surface area contributed by atoms with Crippen molar-refractivity contribution in [3.05, 3.63) is 29.3 Å². The lowest BCUT2D eigenvalue weighted by Gasteiger charge is -2.20. The molecule has 0 spiro atoms. The summed E-state index contributed by atoms with van der Waals surface area (Å²) in [5, 5.41) is 3.15. The Bertz CT molecular complexity index is 501. The van der Waals surface area contributed by atoms with E-state index in [1.54, 1.807) is 31.3 Å². The number of likely N-dealkylation sites (N-methyl/N-ethyl adjacent to an activating group) is 1. The standard InChI is InChI=1S/C14H17ClN2O3/c1-17(14(19)12-7-4-8-20-12)9-13(18)16-11-6-3-2-5-10(11)15/h2-3,5-6,12H,4,7-9H2,1H3,(H,16,18)/t12-/m1/s1. The van der Waals surface area contributed by atoms with Gasteiger partial charge in [-0.15, -0.1) is 0 Å². The predicted octanol–water partition coefficient (Wildman–Crippen LogP) is 1.92. The lowest BCUT2D eigenvalue weighted by molar-refractivity contribution is -0.141. The van der Waals surface area contributed by atoms with Crippen LogP contribution in [0.3, 0.4) is 0 Å². The third kappa shape index (κ3) is 3.71. The minimum absolute atomic E-state index is 0.0239. The van der Waals surface area contributed by atoms with Crippen molar-refractivity contribution in [2.24, 2.45) is 0 Å². The van der Waals surface area contributed by atoms with E-state index in [0.29, 0.717) is 17.3 Å². The fourth-order valence-corrected chi connectivity index (χ4v) is 2.25. The number of carbonyl (C=O) groups is 2. The van der Waals surface area contributed by atoms with Crippen LogP contribution in [0, 0.1) is 0 Å². The number of nitrogens with zero attached hydrogens (tertiary/aromatic N) is 1. The summed E-state index contributed by atoms with van der Waals surface area (Å²) in [6, 6.07) is 6.97. The van der Waals surface area contributed by atoms with E-state index in [1.165, 1.54) is 4.90 Å². The second-order valence-electron chi connectivity index (χ2n) is 4.72. The molecule has 6 heteroatoms. The lowest BCUT2D eigenvalue weighted by Crippen LogP contribution is -2.40. The molecule has 1 saturated heterocycles. The summed E-state index contributed by atoms with van der Waals surface area (Å²) < 4.78 is 5.31. The van der Waals surface area contributed by atoms with Gasteiger partial charge in [0.1, 0.15) is 6.10 Å². The highest BCUT2D eigenvalue weighted by Gasteiger charge is 2.27. The molecule has 2 amide bonds. The maximum Gasteiger partial charge on any atom is 0.251 e. The number of para-hydroxylation sites is 1. The van der Waals surface area contributed by atoms with Crippen molar-refractivity contribution in [2.75, 3.05) is 25.5 Å². The molecule has 0 radical (unpaired) electrons. The Hall–Kier alpha value is -1.59. The van der Waals surface area contributed by atoms with E-state index < -0.39 is 6.10 Å². The van der Waals surface area contributed by atoms with Gasteiger partial charge in [0.05, 0.1) is 17.3 Å². The minimum Gasteiger partial charge on any atom is -0.368 e. The molecule has 1 aromatic rings. The van der Waals surface area contributed by atoms with E-state index >= 15 is 0 Å². The molecule has 0 saturated carbocycles. The third-order valence-corrected chi connectivity index (χ3v) is 3.44. The zero-order chi connectivity index (χ0) is 14.5. The topological polar surface area (TPSA) is 58.6 Å². The lowest BCUT2D eigenvalue weighted by atomic mass is 10.2. The average molecular weight is 297 g/mol. The monoisotopic (exact) mass is 296 g/mol. The number of nitrogens with one attached hydrogen (secondary N) is 1. The highest BCUT2D eigenvalue weighted by atomic mass is 35.5. The van der Waals surface area contributed by atoms with Gasteiger partial charge in [0.2, 0.25) is 5.91 Å². The Balaban J connectivity index is 1.87. The second kappa shape index (κ2) is 6.72. The van der Waals surface area contributed by atoms with E-state index in [0.717, 1.165) is 12.8 Å². The molecular weight excluding hydrogens is 280 g/mol. The van der Waals surface area contributed by atoms with Crippen molar-refractivity contribution >= 4 is 29.1 Å². The highest BCUT2D eigenvalue weighted by molar-refractivity contribution is 6.33. The maximum absolute atomic E-state index is 12.0. The number of anilines is 1. The van der Waals surface area contributed by atoms with E-state index in [-0.39, 0.29) is 18.4 Å². The molecule has 108 valence electrons. The molecule has 1 fully saturated rings. The molecule has 1 heterocycles. The first kappa shape index (κ1) is 14.8. The molecule has 1 aliphatic heterocycles. The summed E-state index contributed by atoms with van der Waals surface area (Å²) in [7, 11) is 1.59. The quantitative estimate of drug-likeness (QED) is 0.923. The Morgan fingerprint density at radius 2 is 2.20 bits per heavy atom. The molecule has 0 aromatic heterocycles. The van der Waals surface area contributed by atoms with Gasteiger partial charge in [-0.1, -0.05) is 23.7 Å². The number of carbonyl (C=O) groups excluding carboxylic acids is 2. The molecule has 0 unspecified atom stereocenters. The van der Waals surface area contributed by atoms with Crippen LogP contribution in [0.5, 0.6) is 0 Å². The Morgan fingerprint density at radius 3 is 2.85 bits per heavy atom. The largest absolute Gasteiger partial charge is 0.368 e. The van der Waals surface area contributed by atoms with Crippen LogP contribution in [0.1, 0.15) is 12.8 Å². The van der Waals surface area contributed by atoms with Crippen molar-refractivity contribution in [3.63, 3.8) is 0 Å². The fourth-order valence-electron chi connectivity index (χ4n) is 2.06. The van der Waals surface area contributed by atoms with Crippen molar-refractivity contribution in [1.82, 2.24) is 4.90 Å². The molecule has 5 nitrogen and oxygen atoms in total. The number of rotatable bonds is 4. The van der Waals surface area contributed by atoms with Crippen LogP contribution in [-0.4, -0.2) is 43.0 Å². The van der Waals surface area contributed by atoms with Crippen LogP contribution < -0.4 is 5.32 Å². The number of hydrogen-bond acceptors (Lipinski definition) is 3. The zero-order valence-corrected chi connectivity index (χ0v) is 12.0. The van der Waals surface area contributed by atoms with Crippen LogP contribution in [0.2, 0.25) is 5.02 Å². The van der Waals surface area contributed by atoms with Gasteiger partial charge in [0, 0.05) is 13.7 Å². The zero-order valence-electron chi connectivity index (χ0n) is 11.3. The average Bonchev–Trinajstić information content (AvgIpc) is 2.94. The number of ether oxygens (including phenoxy) is 1. The van der Waals surface area contributed by atoms with Crippen molar-refractivity contribution in [1.29, 1.82) is 0 Å². The van der Waals surface area contributed by atoms with Gasteiger partial charge < -0.3 is 15.0 Å². The van der Waals surface area contributed by atoms with Crippen LogP contribution in [0.15, 0.2) is 24.3 Å². The molecule has 2 rings (SSSR count). The molecule has 0 aliphatic carbocycles. The van der Waals surface area contributed by atoms with Gasteiger partial charge >= 0.3 is 0 Å². The maximum atomic E-state index is 12.0. The summed E-state index contributed by atoms with van der Waals surface area (Å²) in [4.78, 5) is 25.3. The van der Waals surface area contributed by atoms with Gasteiger partial charge in [-0.25, -0.2) is 0 Å². The van der Waals surface area contributed by atoms with Crippen molar-refractivity contribution in [3.8, 4) is 0 Å². The first-order chi connectivity index (χ1) is 9.58. The first-order valence-corrected chi connectivity index (χ1v) is 6.86. The first-order valence-electron chi connectivity index (χ1n) is 6.49. The minimum atomic E-state index is -0.409. The molecule has 1 N–H and O–H groups in total. The number of benzene rings is 1. The molecule has 1 aliphatic rings. The normalized spacial score (nSPS) is 17.8. The molecular formula is C14H17ClN2O3. The molecule has 0 bridgehead atoms. The Morgan fingerprint density at radius 1 is 1.45 bits per heavy atom. The van der Waals surface area contributed by atoms with Crippen LogP contribution in [0.4, 0.5) is 5.69 Å². The SMILES string of the molecule is CN(CC(=O)Nc1ccccc1Cl)C(=O)[C@H]1CCCO1. The Kier molecular flexibility index (Phi) is 4.98. The van der Waals surface area contributed by atoms with Crippen LogP contribution in [0.25, 0.3) is 0 Å². The molecule has 20 heavy (non-hydrogen) atoms.